The van der Waals surface area contributed by atoms with Crippen LogP contribution < -0.4 is 5.32 Å². The highest BCUT2D eigenvalue weighted by Gasteiger charge is 2.22. The number of nitro benzene ring substituents is 1. The Kier molecular flexibility index (Phi) is 4.29. The van der Waals surface area contributed by atoms with Gasteiger partial charge in [0.2, 0.25) is 5.78 Å². The molecule has 2 aromatic carbocycles. The van der Waals surface area contributed by atoms with Crippen LogP contribution in [0.25, 0.3) is 17.0 Å². The SMILES string of the molecule is Cc1cccc(C(=O)Nc2ccc(-c3cn4cccnc4n3)cc2)c1[N+](=O)[O-]. The van der Waals surface area contributed by atoms with Crippen molar-refractivity contribution in [3.8, 4) is 11.3 Å². The second-order valence-corrected chi connectivity index (χ2v) is 6.21. The Balaban J connectivity index is 1.57. The second kappa shape index (κ2) is 6.92. The van der Waals surface area contributed by atoms with Crippen molar-refractivity contribution in [1.29, 1.82) is 0 Å². The van der Waals surface area contributed by atoms with Crippen molar-refractivity contribution in [2.75, 3.05) is 5.32 Å². The monoisotopic (exact) mass is 373 g/mol. The Morgan fingerprint density at radius 2 is 1.93 bits per heavy atom. The highest BCUT2D eigenvalue weighted by atomic mass is 16.6. The molecule has 0 fully saturated rings. The van der Waals surface area contributed by atoms with Crippen LogP contribution in [0.4, 0.5) is 11.4 Å². The molecule has 1 amide bonds. The molecular formula is C20H15N5O3. The number of carbonyl (C=O) groups is 1. The molecule has 0 radical (unpaired) electrons. The lowest BCUT2D eigenvalue weighted by atomic mass is 10.1. The molecule has 0 bridgehead atoms. The average molecular weight is 373 g/mol. The number of amides is 1. The highest BCUT2D eigenvalue weighted by molar-refractivity contribution is 6.07. The quantitative estimate of drug-likeness (QED) is 0.432. The van der Waals surface area contributed by atoms with Crippen LogP contribution in [0.1, 0.15) is 15.9 Å². The van der Waals surface area contributed by atoms with Gasteiger partial charge in [-0.2, -0.15) is 0 Å². The molecule has 0 saturated heterocycles. The van der Waals surface area contributed by atoms with E-state index in [0.29, 0.717) is 17.0 Å². The fourth-order valence-electron chi connectivity index (χ4n) is 2.98. The van der Waals surface area contributed by atoms with Crippen LogP contribution in [-0.4, -0.2) is 25.2 Å². The predicted molar refractivity (Wildman–Crippen MR) is 104 cm³/mol. The van der Waals surface area contributed by atoms with Crippen LogP contribution in [0, 0.1) is 17.0 Å². The Bertz CT molecular complexity index is 1170. The van der Waals surface area contributed by atoms with E-state index in [4.69, 9.17) is 0 Å². The zero-order valence-corrected chi connectivity index (χ0v) is 14.9. The maximum atomic E-state index is 12.5. The van der Waals surface area contributed by atoms with Gasteiger partial charge in [0.15, 0.2) is 0 Å². The Morgan fingerprint density at radius 3 is 2.64 bits per heavy atom. The summed E-state index contributed by atoms with van der Waals surface area (Å²) in [5.41, 5.74) is 2.44. The molecule has 4 rings (SSSR count). The van der Waals surface area contributed by atoms with Gasteiger partial charge in [-0.05, 0) is 31.2 Å². The number of rotatable bonds is 4. The summed E-state index contributed by atoms with van der Waals surface area (Å²) < 4.78 is 1.82. The summed E-state index contributed by atoms with van der Waals surface area (Å²) >= 11 is 0. The van der Waals surface area contributed by atoms with E-state index in [0.717, 1.165) is 11.3 Å². The highest BCUT2D eigenvalue weighted by Crippen LogP contribution is 2.25. The zero-order valence-electron chi connectivity index (χ0n) is 14.9. The molecule has 0 spiro atoms. The van der Waals surface area contributed by atoms with Crippen molar-refractivity contribution in [2.45, 2.75) is 6.92 Å². The minimum Gasteiger partial charge on any atom is -0.322 e. The molecule has 8 heteroatoms. The number of nitrogens with zero attached hydrogens (tertiary/aromatic N) is 4. The Labute approximate surface area is 159 Å². The number of imidazole rings is 1. The van der Waals surface area contributed by atoms with Gasteiger partial charge < -0.3 is 5.32 Å². The molecule has 2 heterocycles. The van der Waals surface area contributed by atoms with Gasteiger partial charge in [-0.15, -0.1) is 0 Å². The smallest absolute Gasteiger partial charge is 0.285 e. The molecule has 4 aromatic rings. The fraction of sp³-hybridized carbons (Fsp3) is 0.0500. The van der Waals surface area contributed by atoms with Gasteiger partial charge in [0.1, 0.15) is 5.56 Å². The van der Waals surface area contributed by atoms with E-state index >= 15 is 0 Å². The number of nitrogens with one attached hydrogen (secondary N) is 1. The minimum atomic E-state index is -0.537. The number of aryl methyl sites for hydroxylation is 1. The lowest BCUT2D eigenvalue weighted by molar-refractivity contribution is -0.385. The molecule has 0 aliphatic rings. The van der Waals surface area contributed by atoms with Crippen LogP contribution in [0.15, 0.2) is 67.1 Å². The number of nitro groups is 1. The van der Waals surface area contributed by atoms with Crippen molar-refractivity contribution in [3.63, 3.8) is 0 Å². The number of benzene rings is 2. The Morgan fingerprint density at radius 1 is 1.14 bits per heavy atom. The molecule has 138 valence electrons. The summed E-state index contributed by atoms with van der Waals surface area (Å²) in [6.45, 7) is 1.60. The summed E-state index contributed by atoms with van der Waals surface area (Å²) in [6.07, 6.45) is 5.41. The Hall–Kier alpha value is -4.07. The van der Waals surface area contributed by atoms with Gasteiger partial charge in [-0.25, -0.2) is 9.97 Å². The van der Waals surface area contributed by atoms with Crippen molar-refractivity contribution in [1.82, 2.24) is 14.4 Å². The van der Waals surface area contributed by atoms with Gasteiger partial charge >= 0.3 is 0 Å². The van der Waals surface area contributed by atoms with E-state index in [9.17, 15) is 14.9 Å². The van der Waals surface area contributed by atoms with Crippen molar-refractivity contribution in [2.24, 2.45) is 0 Å². The number of aromatic nitrogens is 3. The maximum absolute atomic E-state index is 12.5. The topological polar surface area (TPSA) is 102 Å². The van der Waals surface area contributed by atoms with Gasteiger partial charge in [-0.1, -0.05) is 24.3 Å². The summed E-state index contributed by atoms with van der Waals surface area (Å²) in [5, 5.41) is 14.0. The first kappa shape index (κ1) is 17.3. The van der Waals surface area contributed by atoms with Crippen molar-refractivity contribution >= 4 is 23.1 Å². The molecule has 0 aliphatic carbocycles. The van der Waals surface area contributed by atoms with Gasteiger partial charge in [0, 0.05) is 35.4 Å². The van der Waals surface area contributed by atoms with Gasteiger partial charge in [0.25, 0.3) is 11.6 Å². The van der Waals surface area contributed by atoms with E-state index in [1.165, 1.54) is 6.07 Å². The molecule has 8 nitrogen and oxygen atoms in total. The summed E-state index contributed by atoms with van der Waals surface area (Å²) in [4.78, 5) is 31.9. The molecule has 0 aliphatic heterocycles. The molecule has 0 atom stereocenters. The van der Waals surface area contributed by atoms with Crippen LogP contribution in [0.2, 0.25) is 0 Å². The third-order valence-electron chi connectivity index (χ3n) is 4.34. The third kappa shape index (κ3) is 3.18. The first-order valence-electron chi connectivity index (χ1n) is 8.48. The lowest BCUT2D eigenvalue weighted by Crippen LogP contribution is -2.14. The van der Waals surface area contributed by atoms with Gasteiger partial charge in [0.05, 0.1) is 10.6 Å². The van der Waals surface area contributed by atoms with Gasteiger partial charge in [-0.3, -0.25) is 19.3 Å². The van der Waals surface area contributed by atoms with Crippen LogP contribution >= 0.6 is 0 Å². The summed E-state index contributed by atoms with van der Waals surface area (Å²) in [7, 11) is 0. The van der Waals surface area contributed by atoms with Crippen LogP contribution in [-0.2, 0) is 0 Å². The van der Waals surface area contributed by atoms with E-state index in [-0.39, 0.29) is 11.3 Å². The maximum Gasteiger partial charge on any atom is 0.285 e. The van der Waals surface area contributed by atoms with Crippen molar-refractivity contribution in [3.05, 3.63) is 88.4 Å². The van der Waals surface area contributed by atoms with E-state index in [2.05, 4.69) is 15.3 Å². The standard InChI is InChI=1S/C20H15N5O3/c1-13-4-2-5-16(18(13)25(27)28)19(26)22-15-8-6-14(7-9-15)17-12-24-11-3-10-21-20(24)23-17/h2-12H,1H3,(H,22,26). The number of hydrogen-bond acceptors (Lipinski definition) is 5. The number of fused-ring (bicyclic) bond motifs is 1. The summed E-state index contributed by atoms with van der Waals surface area (Å²) in [5.74, 6) is 0.0710. The second-order valence-electron chi connectivity index (χ2n) is 6.21. The molecular weight excluding hydrogens is 358 g/mol. The van der Waals surface area contributed by atoms with E-state index < -0.39 is 10.8 Å². The summed E-state index contributed by atoms with van der Waals surface area (Å²) in [6, 6.07) is 13.6. The normalized spacial score (nSPS) is 10.8. The first-order chi connectivity index (χ1) is 13.5. The molecule has 2 aromatic heterocycles. The molecule has 0 saturated carbocycles. The van der Waals surface area contributed by atoms with Crippen molar-refractivity contribution < 1.29 is 9.72 Å². The molecule has 0 unspecified atom stereocenters. The van der Waals surface area contributed by atoms with Crippen LogP contribution in [0.3, 0.4) is 0 Å². The number of para-hydroxylation sites is 1. The largest absolute Gasteiger partial charge is 0.322 e. The zero-order chi connectivity index (χ0) is 19.7. The number of carbonyl (C=O) groups excluding carboxylic acids is 1. The van der Waals surface area contributed by atoms with E-state index in [1.54, 1.807) is 37.4 Å². The lowest BCUT2D eigenvalue weighted by Gasteiger charge is -2.07. The first-order valence-corrected chi connectivity index (χ1v) is 8.48. The fourth-order valence-corrected chi connectivity index (χ4v) is 2.98. The van der Waals surface area contributed by atoms with Crippen LogP contribution in [0.5, 0.6) is 0 Å². The predicted octanol–water partition coefficient (Wildman–Crippen LogP) is 3.87. The minimum absolute atomic E-state index is 0.0282. The molecule has 28 heavy (non-hydrogen) atoms. The average Bonchev–Trinajstić information content (AvgIpc) is 3.12. The van der Waals surface area contributed by atoms with E-state index in [1.807, 2.05) is 35.0 Å². The number of anilines is 1. The third-order valence-corrected chi connectivity index (χ3v) is 4.34. The number of hydrogen-bond donors (Lipinski definition) is 1. The molecule has 1 N–H and O–H groups in total.